The summed E-state index contributed by atoms with van der Waals surface area (Å²) in [4.78, 5) is 36.4. The molecule has 0 aliphatic carbocycles. The Kier molecular flexibility index (Phi) is 4.97. The summed E-state index contributed by atoms with van der Waals surface area (Å²) in [5.41, 5.74) is 2.89. The molecule has 0 bridgehead atoms. The van der Waals surface area contributed by atoms with Gasteiger partial charge in [-0.05, 0) is 40.0 Å². The Morgan fingerprint density at radius 3 is 2.76 bits per heavy atom. The summed E-state index contributed by atoms with van der Waals surface area (Å²) in [6.45, 7) is 8.80. The number of aryl methyl sites for hydroxylation is 4. The monoisotopic (exact) mass is 397 g/mol. The van der Waals surface area contributed by atoms with Gasteiger partial charge in [0.2, 0.25) is 5.91 Å². The van der Waals surface area contributed by atoms with Gasteiger partial charge in [-0.3, -0.25) is 14.7 Å². The fourth-order valence-corrected chi connectivity index (χ4v) is 4.27. The van der Waals surface area contributed by atoms with Gasteiger partial charge >= 0.3 is 0 Å². The van der Waals surface area contributed by atoms with Crippen LogP contribution in [-0.2, 0) is 17.8 Å². The maximum absolute atomic E-state index is 12.9. The lowest BCUT2D eigenvalue weighted by atomic mass is 10.1. The number of carbonyl (C=O) groups excluding carboxylic acids is 1. The average Bonchev–Trinajstić information content (AvgIpc) is 3.38. The second-order valence-electron chi connectivity index (χ2n) is 7.66. The zero-order valence-electron chi connectivity index (χ0n) is 17.4. The molecule has 29 heavy (non-hydrogen) atoms. The van der Waals surface area contributed by atoms with Crippen molar-refractivity contribution in [3.8, 4) is 0 Å². The molecule has 4 rings (SSSR count). The molecular weight excluding hydrogens is 370 g/mol. The molecule has 1 fully saturated rings. The predicted octanol–water partition coefficient (Wildman–Crippen LogP) is 1.86. The molecule has 1 aliphatic heterocycles. The zero-order valence-corrected chi connectivity index (χ0v) is 17.4. The minimum Gasteiger partial charge on any atom is -0.334 e. The predicted molar refractivity (Wildman–Crippen MR) is 108 cm³/mol. The summed E-state index contributed by atoms with van der Waals surface area (Å²) in [6, 6.07) is 1.84. The largest absolute Gasteiger partial charge is 0.334 e. The quantitative estimate of drug-likeness (QED) is 0.708. The minimum absolute atomic E-state index is 0.0610. The lowest BCUT2D eigenvalue weighted by molar-refractivity contribution is -0.132. The topological polar surface area (TPSA) is 101 Å². The Morgan fingerprint density at radius 1 is 1.28 bits per heavy atom. The van der Waals surface area contributed by atoms with Crippen LogP contribution in [0.4, 0.5) is 0 Å². The second kappa shape index (κ2) is 7.46. The van der Waals surface area contributed by atoms with E-state index in [9.17, 15) is 9.59 Å². The fourth-order valence-electron chi connectivity index (χ4n) is 4.27. The number of rotatable bonds is 5. The van der Waals surface area contributed by atoms with Crippen molar-refractivity contribution in [2.75, 3.05) is 6.54 Å². The van der Waals surface area contributed by atoms with Gasteiger partial charge in [-0.1, -0.05) is 6.92 Å². The Morgan fingerprint density at radius 2 is 2.07 bits per heavy atom. The minimum atomic E-state index is -0.0624. The molecule has 0 spiro atoms. The first-order valence-corrected chi connectivity index (χ1v) is 10.2. The average molecular weight is 397 g/mol. The lowest BCUT2D eigenvalue weighted by Gasteiger charge is -2.23. The molecule has 4 heterocycles. The summed E-state index contributed by atoms with van der Waals surface area (Å²) < 4.78 is 3.28. The van der Waals surface area contributed by atoms with Crippen LogP contribution in [0.25, 0.3) is 5.65 Å². The van der Waals surface area contributed by atoms with E-state index >= 15 is 0 Å². The number of fused-ring (bicyclic) bond motifs is 1. The van der Waals surface area contributed by atoms with Crippen molar-refractivity contribution in [3.63, 3.8) is 0 Å². The number of nitrogens with one attached hydrogen (secondary N) is 1. The molecule has 154 valence electrons. The maximum Gasteiger partial charge on any atom is 0.276 e. The van der Waals surface area contributed by atoms with Crippen LogP contribution in [0.3, 0.4) is 0 Å². The first kappa shape index (κ1) is 19.4. The van der Waals surface area contributed by atoms with Gasteiger partial charge < -0.3 is 4.90 Å². The number of likely N-dealkylation sites (tertiary alicyclic amines) is 1. The van der Waals surface area contributed by atoms with Crippen molar-refractivity contribution in [1.82, 2.24) is 34.3 Å². The molecular formula is C20H27N7O2. The Hall–Kier alpha value is -2.97. The van der Waals surface area contributed by atoms with Crippen LogP contribution in [0.1, 0.15) is 60.8 Å². The summed E-state index contributed by atoms with van der Waals surface area (Å²) in [6.07, 6.45) is 2.82. The van der Waals surface area contributed by atoms with E-state index in [1.54, 1.807) is 4.68 Å². The number of carbonyl (C=O) groups is 1. The molecule has 1 N–H and O–H groups in total. The molecule has 1 saturated heterocycles. The van der Waals surface area contributed by atoms with Crippen LogP contribution in [-0.4, -0.2) is 46.7 Å². The smallest absolute Gasteiger partial charge is 0.276 e. The molecule has 9 heteroatoms. The van der Waals surface area contributed by atoms with Gasteiger partial charge in [-0.25, -0.2) is 19.2 Å². The van der Waals surface area contributed by atoms with Gasteiger partial charge in [0.25, 0.3) is 5.56 Å². The molecule has 0 radical (unpaired) electrons. The highest BCUT2D eigenvalue weighted by Gasteiger charge is 2.31. The van der Waals surface area contributed by atoms with E-state index in [1.807, 2.05) is 38.7 Å². The number of aromatic nitrogens is 6. The summed E-state index contributed by atoms with van der Waals surface area (Å²) in [5.74, 6) is 1.62. The molecule has 1 aliphatic rings. The molecule has 1 atom stereocenters. The van der Waals surface area contributed by atoms with E-state index in [4.69, 9.17) is 0 Å². The van der Waals surface area contributed by atoms with Crippen LogP contribution < -0.4 is 5.56 Å². The Labute approximate surface area is 168 Å². The number of hydrogen-bond acceptors (Lipinski definition) is 5. The standard InChI is InChI=1S/C20H27N7O2/c1-5-15-12(2)21-18-11-16(24-27(18)20(15)29)17-7-6-9-25(17)19(28)8-10-26-14(4)22-13(3)23-26/h11,17,24H,5-10H2,1-4H3/t17-/m1/s1. The first-order valence-electron chi connectivity index (χ1n) is 10.2. The maximum atomic E-state index is 12.9. The zero-order chi connectivity index (χ0) is 20.7. The summed E-state index contributed by atoms with van der Waals surface area (Å²) in [7, 11) is 0. The van der Waals surface area contributed by atoms with Crippen LogP contribution >= 0.6 is 0 Å². The number of aromatic amines is 1. The molecule has 0 aromatic carbocycles. The van der Waals surface area contributed by atoms with E-state index < -0.39 is 0 Å². The van der Waals surface area contributed by atoms with E-state index in [-0.39, 0.29) is 17.5 Å². The molecule has 9 nitrogen and oxygen atoms in total. The molecule has 0 unspecified atom stereocenters. The van der Waals surface area contributed by atoms with Gasteiger partial charge in [0, 0.05) is 30.3 Å². The SMILES string of the molecule is CCc1c(C)nc2cc([C@H]3CCCN3C(=O)CCn3nc(C)nc3C)[nH]n2c1=O. The highest BCUT2D eigenvalue weighted by atomic mass is 16.2. The van der Waals surface area contributed by atoms with Crippen molar-refractivity contribution in [2.45, 2.75) is 66.0 Å². The van der Waals surface area contributed by atoms with Gasteiger partial charge in [0.05, 0.1) is 18.3 Å². The van der Waals surface area contributed by atoms with Gasteiger partial charge in [0.15, 0.2) is 5.65 Å². The van der Waals surface area contributed by atoms with E-state index in [0.717, 1.165) is 36.6 Å². The van der Waals surface area contributed by atoms with Crippen molar-refractivity contribution in [2.24, 2.45) is 0 Å². The highest BCUT2D eigenvalue weighted by molar-refractivity contribution is 5.77. The number of hydrogen-bond donors (Lipinski definition) is 1. The number of nitrogens with zero attached hydrogens (tertiary/aromatic N) is 6. The van der Waals surface area contributed by atoms with Crippen molar-refractivity contribution in [3.05, 3.63) is 45.0 Å². The Balaban J connectivity index is 1.56. The second-order valence-corrected chi connectivity index (χ2v) is 7.66. The fraction of sp³-hybridized carbons (Fsp3) is 0.550. The normalized spacial score (nSPS) is 16.8. The van der Waals surface area contributed by atoms with Gasteiger partial charge in [0.1, 0.15) is 11.6 Å². The van der Waals surface area contributed by atoms with E-state index in [2.05, 4.69) is 20.2 Å². The third kappa shape index (κ3) is 3.45. The van der Waals surface area contributed by atoms with Crippen LogP contribution in [0.5, 0.6) is 0 Å². The van der Waals surface area contributed by atoms with Gasteiger partial charge in [-0.15, -0.1) is 0 Å². The molecule has 1 amide bonds. The molecule has 3 aromatic heterocycles. The summed E-state index contributed by atoms with van der Waals surface area (Å²) >= 11 is 0. The van der Waals surface area contributed by atoms with Crippen LogP contribution in [0.15, 0.2) is 10.9 Å². The number of H-pyrrole nitrogens is 1. The van der Waals surface area contributed by atoms with E-state index in [1.165, 1.54) is 4.52 Å². The van der Waals surface area contributed by atoms with Crippen molar-refractivity contribution < 1.29 is 4.79 Å². The molecule has 3 aromatic rings. The third-order valence-electron chi connectivity index (χ3n) is 5.72. The summed E-state index contributed by atoms with van der Waals surface area (Å²) in [5, 5.41) is 7.53. The highest BCUT2D eigenvalue weighted by Crippen LogP contribution is 2.32. The van der Waals surface area contributed by atoms with Crippen LogP contribution in [0.2, 0.25) is 0 Å². The number of amides is 1. The third-order valence-corrected chi connectivity index (χ3v) is 5.72. The van der Waals surface area contributed by atoms with E-state index in [0.29, 0.717) is 36.4 Å². The first-order chi connectivity index (χ1) is 13.9. The molecule has 0 saturated carbocycles. The van der Waals surface area contributed by atoms with Gasteiger partial charge in [-0.2, -0.15) is 5.10 Å². The van der Waals surface area contributed by atoms with Crippen molar-refractivity contribution >= 4 is 11.6 Å². The Bertz CT molecular complexity index is 1120. The lowest BCUT2D eigenvalue weighted by Crippen LogP contribution is -2.31. The van der Waals surface area contributed by atoms with Crippen molar-refractivity contribution in [1.29, 1.82) is 0 Å². The van der Waals surface area contributed by atoms with Crippen LogP contribution in [0, 0.1) is 20.8 Å².